The van der Waals surface area contributed by atoms with Crippen molar-refractivity contribution in [3.63, 3.8) is 0 Å². The Morgan fingerprint density at radius 1 is 0.892 bits per heavy atom. The maximum atomic E-state index is 9.92. The largest absolute Gasteiger partial charge is 0.393 e. The summed E-state index contributed by atoms with van der Waals surface area (Å²) in [5.41, 5.74) is 7.96. The number of aliphatic hydroxyl groups excluding tert-OH is 1. The molecule has 4 aromatic heterocycles. The zero-order chi connectivity index (χ0) is 24.8. The SMILES string of the molecule is OC1CCN(c2cncc3[nH]c(-c4n[nH]c5ccc(-c6cncc(CN7CCCC7)c6)cc45)nc23)CC1. The van der Waals surface area contributed by atoms with Crippen molar-refractivity contribution in [1.82, 2.24) is 35.0 Å². The highest BCUT2D eigenvalue weighted by atomic mass is 16.3. The predicted octanol–water partition coefficient (Wildman–Crippen LogP) is 4.12. The molecule has 1 aromatic carbocycles. The lowest BCUT2D eigenvalue weighted by molar-refractivity contribution is 0.145. The van der Waals surface area contributed by atoms with Crippen molar-refractivity contribution in [3.05, 3.63) is 54.6 Å². The van der Waals surface area contributed by atoms with Crippen LogP contribution in [0.15, 0.2) is 49.1 Å². The Labute approximate surface area is 214 Å². The van der Waals surface area contributed by atoms with Gasteiger partial charge < -0.3 is 15.0 Å². The molecule has 0 spiro atoms. The molecule has 5 aromatic rings. The van der Waals surface area contributed by atoms with Crippen molar-refractivity contribution < 1.29 is 5.11 Å². The van der Waals surface area contributed by atoms with E-state index in [0.29, 0.717) is 5.82 Å². The number of anilines is 1. The minimum Gasteiger partial charge on any atom is -0.393 e. The minimum absolute atomic E-state index is 0.223. The van der Waals surface area contributed by atoms with Crippen LogP contribution in [-0.2, 0) is 6.54 Å². The number of rotatable bonds is 5. The third-order valence-corrected chi connectivity index (χ3v) is 7.70. The normalized spacial score (nSPS) is 17.4. The lowest BCUT2D eigenvalue weighted by Crippen LogP contribution is -2.35. The number of pyridine rings is 2. The molecule has 0 unspecified atom stereocenters. The van der Waals surface area contributed by atoms with Crippen molar-refractivity contribution in [2.75, 3.05) is 31.1 Å². The average molecular weight is 495 g/mol. The van der Waals surface area contributed by atoms with E-state index in [1.807, 2.05) is 24.8 Å². The fourth-order valence-corrected chi connectivity index (χ4v) is 5.67. The van der Waals surface area contributed by atoms with Gasteiger partial charge in [-0.2, -0.15) is 5.10 Å². The highest BCUT2D eigenvalue weighted by Gasteiger charge is 2.22. The van der Waals surface area contributed by atoms with Gasteiger partial charge >= 0.3 is 0 Å². The Kier molecular flexibility index (Phi) is 5.59. The zero-order valence-electron chi connectivity index (χ0n) is 20.7. The second kappa shape index (κ2) is 9.24. The molecule has 0 bridgehead atoms. The maximum Gasteiger partial charge on any atom is 0.159 e. The monoisotopic (exact) mass is 494 g/mol. The second-order valence-corrected chi connectivity index (χ2v) is 10.3. The zero-order valence-corrected chi connectivity index (χ0v) is 20.7. The van der Waals surface area contributed by atoms with E-state index >= 15 is 0 Å². The number of H-pyrrole nitrogens is 2. The number of nitrogens with zero attached hydrogens (tertiary/aromatic N) is 6. The first-order valence-electron chi connectivity index (χ1n) is 13.1. The fraction of sp³-hybridized carbons (Fsp3) is 0.357. The van der Waals surface area contributed by atoms with E-state index in [-0.39, 0.29) is 6.10 Å². The van der Waals surface area contributed by atoms with Crippen molar-refractivity contribution in [2.24, 2.45) is 0 Å². The quantitative estimate of drug-likeness (QED) is 0.337. The van der Waals surface area contributed by atoms with E-state index in [1.54, 1.807) is 0 Å². The third-order valence-electron chi connectivity index (χ3n) is 7.70. The molecule has 2 fully saturated rings. The number of hydrogen-bond donors (Lipinski definition) is 3. The first-order valence-corrected chi connectivity index (χ1v) is 13.1. The van der Waals surface area contributed by atoms with E-state index in [0.717, 1.165) is 76.9 Å². The highest BCUT2D eigenvalue weighted by Crippen LogP contribution is 2.33. The van der Waals surface area contributed by atoms with Crippen LogP contribution in [0.1, 0.15) is 31.2 Å². The van der Waals surface area contributed by atoms with Gasteiger partial charge in [-0.05, 0) is 68.1 Å². The highest BCUT2D eigenvalue weighted by molar-refractivity contribution is 5.97. The molecule has 0 radical (unpaired) electrons. The van der Waals surface area contributed by atoms with Gasteiger partial charge in [-0.1, -0.05) is 6.07 Å². The summed E-state index contributed by atoms with van der Waals surface area (Å²) >= 11 is 0. The molecule has 2 saturated heterocycles. The van der Waals surface area contributed by atoms with Gasteiger partial charge in [-0.25, -0.2) is 4.98 Å². The number of aromatic nitrogens is 6. The fourth-order valence-electron chi connectivity index (χ4n) is 5.67. The van der Waals surface area contributed by atoms with Crippen LogP contribution >= 0.6 is 0 Å². The Hall–Kier alpha value is -3.82. The molecule has 2 aliphatic heterocycles. The number of imidazole rings is 1. The molecule has 0 saturated carbocycles. The number of likely N-dealkylation sites (tertiary alicyclic amines) is 1. The van der Waals surface area contributed by atoms with E-state index in [2.05, 4.69) is 59.2 Å². The molecule has 0 atom stereocenters. The van der Waals surface area contributed by atoms with Crippen molar-refractivity contribution >= 4 is 27.6 Å². The van der Waals surface area contributed by atoms with E-state index in [9.17, 15) is 5.11 Å². The van der Waals surface area contributed by atoms with Crippen LogP contribution in [0.4, 0.5) is 5.69 Å². The lowest BCUT2D eigenvalue weighted by atomic mass is 10.0. The van der Waals surface area contributed by atoms with E-state index < -0.39 is 0 Å². The standard InChI is InChI=1S/C28H30N8O/c37-21-5-9-36(10-6-21)25-16-30-15-24-27(25)32-28(31-24)26-22-12-19(3-4-23(22)33-34-26)20-11-18(13-29-14-20)17-35-7-1-2-8-35/h3-4,11-16,21,37H,1-2,5-10,17H2,(H,31,32)(H,33,34). The molecule has 37 heavy (non-hydrogen) atoms. The van der Waals surface area contributed by atoms with Crippen LogP contribution in [0.25, 0.3) is 44.6 Å². The van der Waals surface area contributed by atoms with Gasteiger partial charge in [0.15, 0.2) is 5.82 Å². The molecule has 9 nitrogen and oxygen atoms in total. The van der Waals surface area contributed by atoms with Crippen LogP contribution in [0.3, 0.4) is 0 Å². The van der Waals surface area contributed by atoms with Gasteiger partial charge in [0, 0.05) is 43.0 Å². The molecule has 6 heterocycles. The van der Waals surface area contributed by atoms with E-state index in [1.165, 1.54) is 31.5 Å². The number of benzene rings is 1. The number of fused-ring (bicyclic) bond motifs is 2. The number of aliphatic hydroxyl groups is 1. The van der Waals surface area contributed by atoms with Crippen molar-refractivity contribution in [3.8, 4) is 22.6 Å². The van der Waals surface area contributed by atoms with Gasteiger partial charge in [-0.3, -0.25) is 20.0 Å². The van der Waals surface area contributed by atoms with Gasteiger partial charge in [0.1, 0.15) is 11.2 Å². The van der Waals surface area contributed by atoms with Crippen LogP contribution < -0.4 is 4.90 Å². The first kappa shape index (κ1) is 22.4. The molecule has 2 aliphatic rings. The van der Waals surface area contributed by atoms with Gasteiger partial charge in [-0.15, -0.1) is 0 Å². The topological polar surface area (TPSA) is 110 Å². The van der Waals surface area contributed by atoms with E-state index in [4.69, 9.17) is 4.98 Å². The summed E-state index contributed by atoms with van der Waals surface area (Å²) in [6.45, 7) is 4.88. The Balaban J connectivity index is 1.24. The number of nitrogens with one attached hydrogen (secondary N) is 2. The summed E-state index contributed by atoms with van der Waals surface area (Å²) in [4.78, 5) is 22.2. The van der Waals surface area contributed by atoms with Gasteiger partial charge in [0.25, 0.3) is 0 Å². The summed E-state index contributed by atoms with van der Waals surface area (Å²) in [5, 5.41) is 18.7. The molecule has 0 amide bonds. The smallest absolute Gasteiger partial charge is 0.159 e. The van der Waals surface area contributed by atoms with Gasteiger partial charge in [0.05, 0.1) is 35.2 Å². The Bertz CT molecular complexity index is 1560. The van der Waals surface area contributed by atoms with Crippen LogP contribution in [0.5, 0.6) is 0 Å². The molecule has 188 valence electrons. The van der Waals surface area contributed by atoms with Crippen LogP contribution in [0.2, 0.25) is 0 Å². The molecule has 0 aliphatic carbocycles. The summed E-state index contributed by atoms with van der Waals surface area (Å²) in [5.74, 6) is 0.714. The molecule has 7 rings (SSSR count). The lowest BCUT2D eigenvalue weighted by Gasteiger charge is -2.31. The summed E-state index contributed by atoms with van der Waals surface area (Å²) in [6, 6.07) is 8.61. The molecule has 9 heteroatoms. The molecular formula is C28H30N8O. The van der Waals surface area contributed by atoms with Crippen molar-refractivity contribution in [2.45, 2.75) is 38.3 Å². The Morgan fingerprint density at radius 3 is 2.59 bits per heavy atom. The van der Waals surface area contributed by atoms with Crippen molar-refractivity contribution in [1.29, 1.82) is 0 Å². The van der Waals surface area contributed by atoms with Crippen LogP contribution in [0, 0.1) is 0 Å². The summed E-state index contributed by atoms with van der Waals surface area (Å²) in [6.07, 6.45) is 11.5. The number of aromatic amines is 2. The maximum absolute atomic E-state index is 9.92. The minimum atomic E-state index is -0.223. The Morgan fingerprint density at radius 2 is 1.73 bits per heavy atom. The number of hydrogen-bond acceptors (Lipinski definition) is 7. The summed E-state index contributed by atoms with van der Waals surface area (Å²) < 4.78 is 0. The first-order chi connectivity index (χ1) is 18.2. The van der Waals surface area contributed by atoms with Gasteiger partial charge in [0.2, 0.25) is 0 Å². The molecule has 3 N–H and O–H groups in total. The average Bonchev–Trinajstić information content (AvgIpc) is 3.68. The number of piperidine rings is 1. The molecular weight excluding hydrogens is 464 g/mol. The third kappa shape index (κ3) is 4.24. The van der Waals surface area contributed by atoms with Crippen LogP contribution in [-0.4, -0.2) is 72.4 Å². The summed E-state index contributed by atoms with van der Waals surface area (Å²) in [7, 11) is 0. The second-order valence-electron chi connectivity index (χ2n) is 10.3. The predicted molar refractivity (Wildman–Crippen MR) is 144 cm³/mol.